The van der Waals surface area contributed by atoms with E-state index in [-0.39, 0.29) is 19.2 Å². The summed E-state index contributed by atoms with van der Waals surface area (Å²) in [6, 6.07) is 8.37. The van der Waals surface area contributed by atoms with Crippen LogP contribution in [0.2, 0.25) is 0 Å². The first-order valence-electron chi connectivity index (χ1n) is 8.46. The standard InChI is InChI=1S/C18H25N3O4/c1-3-21(10-11-22)12-14-15(17(23)25-4-2)16(20-18(24)19-14)13-8-6-5-7-9-13/h5-9,16,22H,3-4,10-12H2,1-2H3,(H2,19,20,24)/t16-/m0/s1. The number of aliphatic hydroxyl groups excluding tert-OH is 1. The first-order valence-corrected chi connectivity index (χ1v) is 8.46. The largest absolute Gasteiger partial charge is 0.463 e. The lowest BCUT2D eigenvalue weighted by Gasteiger charge is -2.31. The fourth-order valence-corrected chi connectivity index (χ4v) is 2.80. The predicted molar refractivity (Wildman–Crippen MR) is 93.7 cm³/mol. The van der Waals surface area contributed by atoms with Crippen molar-refractivity contribution in [2.75, 3.05) is 32.8 Å². The van der Waals surface area contributed by atoms with Gasteiger partial charge in [0, 0.05) is 18.8 Å². The number of urea groups is 1. The van der Waals surface area contributed by atoms with Crippen LogP contribution in [0.3, 0.4) is 0 Å². The average molecular weight is 347 g/mol. The van der Waals surface area contributed by atoms with Gasteiger partial charge in [0.1, 0.15) is 0 Å². The second kappa shape index (κ2) is 9.19. The minimum absolute atomic E-state index is 0.00414. The SMILES string of the molecule is CCOC(=O)C1=C(CN(CC)CCO)NC(=O)N[C@H]1c1ccccc1. The summed E-state index contributed by atoms with van der Waals surface area (Å²) in [5.41, 5.74) is 1.71. The lowest BCUT2D eigenvalue weighted by molar-refractivity contribution is -0.139. The van der Waals surface area contributed by atoms with Crippen molar-refractivity contribution in [1.29, 1.82) is 0 Å². The van der Waals surface area contributed by atoms with E-state index in [9.17, 15) is 14.7 Å². The Morgan fingerprint density at radius 3 is 2.60 bits per heavy atom. The van der Waals surface area contributed by atoms with E-state index in [1.165, 1.54) is 0 Å². The van der Waals surface area contributed by atoms with Gasteiger partial charge in [-0.2, -0.15) is 0 Å². The van der Waals surface area contributed by atoms with E-state index in [0.717, 1.165) is 5.56 Å². The number of benzene rings is 1. The molecule has 7 nitrogen and oxygen atoms in total. The molecule has 0 unspecified atom stereocenters. The number of hydrogen-bond acceptors (Lipinski definition) is 5. The van der Waals surface area contributed by atoms with Gasteiger partial charge in [-0.05, 0) is 19.0 Å². The molecule has 2 rings (SSSR count). The number of aliphatic hydroxyl groups is 1. The third kappa shape index (κ3) is 4.80. The molecule has 3 N–H and O–H groups in total. The highest BCUT2D eigenvalue weighted by Crippen LogP contribution is 2.28. The van der Waals surface area contributed by atoms with Crippen LogP contribution in [-0.2, 0) is 9.53 Å². The fraction of sp³-hybridized carbons (Fsp3) is 0.444. The number of likely N-dealkylation sites (N-methyl/N-ethyl adjacent to an activating group) is 1. The number of carbonyl (C=O) groups excluding carboxylic acids is 2. The number of esters is 1. The Bertz CT molecular complexity index is 630. The maximum absolute atomic E-state index is 12.6. The molecule has 2 amide bonds. The average Bonchev–Trinajstić information content (AvgIpc) is 2.61. The van der Waals surface area contributed by atoms with Gasteiger partial charge in [-0.15, -0.1) is 0 Å². The summed E-state index contributed by atoms with van der Waals surface area (Å²) in [5, 5.41) is 14.7. The van der Waals surface area contributed by atoms with Gasteiger partial charge in [-0.25, -0.2) is 9.59 Å². The fourth-order valence-electron chi connectivity index (χ4n) is 2.80. The van der Waals surface area contributed by atoms with Gasteiger partial charge in [-0.1, -0.05) is 37.3 Å². The Morgan fingerprint density at radius 2 is 2.00 bits per heavy atom. The highest BCUT2D eigenvalue weighted by Gasteiger charge is 2.34. The van der Waals surface area contributed by atoms with Crippen molar-refractivity contribution in [3.8, 4) is 0 Å². The van der Waals surface area contributed by atoms with Gasteiger partial charge in [0.2, 0.25) is 0 Å². The lowest BCUT2D eigenvalue weighted by Crippen LogP contribution is -2.48. The molecule has 0 fully saturated rings. The molecule has 136 valence electrons. The molecule has 7 heteroatoms. The van der Waals surface area contributed by atoms with Gasteiger partial charge >= 0.3 is 12.0 Å². The van der Waals surface area contributed by atoms with Crippen molar-refractivity contribution in [3.05, 3.63) is 47.2 Å². The second-order valence-corrected chi connectivity index (χ2v) is 5.65. The smallest absolute Gasteiger partial charge is 0.338 e. The minimum atomic E-state index is -0.572. The molecule has 0 spiro atoms. The first kappa shape index (κ1) is 19.0. The van der Waals surface area contributed by atoms with Gasteiger partial charge < -0.3 is 20.5 Å². The van der Waals surface area contributed by atoms with E-state index in [4.69, 9.17) is 4.74 Å². The third-order valence-corrected chi connectivity index (χ3v) is 4.03. The Morgan fingerprint density at radius 1 is 1.28 bits per heavy atom. The Balaban J connectivity index is 2.44. The summed E-state index contributed by atoms with van der Waals surface area (Å²) in [5.74, 6) is -0.459. The summed E-state index contributed by atoms with van der Waals surface area (Å²) in [4.78, 5) is 26.7. The molecule has 1 atom stereocenters. The van der Waals surface area contributed by atoms with Crippen molar-refractivity contribution < 1.29 is 19.4 Å². The molecule has 1 aliphatic heterocycles. The first-order chi connectivity index (χ1) is 12.1. The van der Waals surface area contributed by atoms with E-state index < -0.39 is 12.0 Å². The molecule has 0 radical (unpaired) electrons. The minimum Gasteiger partial charge on any atom is -0.463 e. The zero-order valence-corrected chi connectivity index (χ0v) is 14.6. The second-order valence-electron chi connectivity index (χ2n) is 5.65. The summed E-state index contributed by atoms with van der Waals surface area (Å²) in [6.45, 7) is 5.44. The quantitative estimate of drug-likeness (QED) is 0.614. The van der Waals surface area contributed by atoms with Crippen LogP contribution in [0.25, 0.3) is 0 Å². The molecule has 1 heterocycles. The van der Waals surface area contributed by atoms with E-state index in [1.54, 1.807) is 6.92 Å². The highest BCUT2D eigenvalue weighted by molar-refractivity contribution is 5.95. The number of carbonyl (C=O) groups is 2. The van der Waals surface area contributed by atoms with Crippen molar-refractivity contribution in [3.63, 3.8) is 0 Å². The number of nitrogens with one attached hydrogen (secondary N) is 2. The molecule has 0 bridgehead atoms. The number of amides is 2. The normalized spacial score (nSPS) is 17.3. The van der Waals surface area contributed by atoms with Crippen LogP contribution in [0, 0.1) is 0 Å². The number of hydrogen-bond donors (Lipinski definition) is 3. The maximum Gasteiger partial charge on any atom is 0.338 e. The third-order valence-electron chi connectivity index (χ3n) is 4.03. The predicted octanol–water partition coefficient (Wildman–Crippen LogP) is 1.17. The summed E-state index contributed by atoms with van der Waals surface area (Å²) < 4.78 is 5.22. The molecule has 0 aromatic heterocycles. The van der Waals surface area contributed by atoms with Crippen LogP contribution in [0.5, 0.6) is 0 Å². The van der Waals surface area contributed by atoms with Crippen molar-refractivity contribution in [1.82, 2.24) is 15.5 Å². The molecule has 25 heavy (non-hydrogen) atoms. The highest BCUT2D eigenvalue weighted by atomic mass is 16.5. The Hall–Kier alpha value is -2.38. The van der Waals surface area contributed by atoms with Crippen molar-refractivity contribution >= 4 is 12.0 Å². The molecular formula is C18H25N3O4. The zero-order chi connectivity index (χ0) is 18.2. The monoisotopic (exact) mass is 347 g/mol. The van der Waals surface area contributed by atoms with Crippen LogP contribution in [-0.4, -0.2) is 54.9 Å². The zero-order valence-electron chi connectivity index (χ0n) is 14.6. The van der Waals surface area contributed by atoms with Crippen LogP contribution >= 0.6 is 0 Å². The summed E-state index contributed by atoms with van der Waals surface area (Å²) in [6.07, 6.45) is 0. The van der Waals surface area contributed by atoms with E-state index in [0.29, 0.717) is 30.9 Å². The Labute approximate surface area is 147 Å². The molecule has 0 aliphatic carbocycles. The van der Waals surface area contributed by atoms with Gasteiger partial charge in [-0.3, -0.25) is 4.90 Å². The van der Waals surface area contributed by atoms with Gasteiger partial charge in [0.25, 0.3) is 0 Å². The molecule has 1 aliphatic rings. The number of rotatable bonds is 8. The van der Waals surface area contributed by atoms with Crippen LogP contribution in [0.4, 0.5) is 4.79 Å². The number of nitrogens with zero attached hydrogens (tertiary/aromatic N) is 1. The molecule has 0 saturated heterocycles. The van der Waals surface area contributed by atoms with Crippen molar-refractivity contribution in [2.45, 2.75) is 19.9 Å². The van der Waals surface area contributed by atoms with Crippen LogP contribution in [0.1, 0.15) is 25.5 Å². The van der Waals surface area contributed by atoms with Gasteiger partial charge in [0.05, 0.1) is 24.8 Å². The lowest BCUT2D eigenvalue weighted by atomic mass is 9.95. The molecule has 0 saturated carbocycles. The van der Waals surface area contributed by atoms with Gasteiger partial charge in [0.15, 0.2) is 0 Å². The number of ether oxygens (including phenoxy) is 1. The van der Waals surface area contributed by atoms with Crippen LogP contribution < -0.4 is 10.6 Å². The topological polar surface area (TPSA) is 90.9 Å². The molecule has 1 aromatic carbocycles. The Kier molecular flexibility index (Phi) is 6.97. The summed E-state index contributed by atoms with van der Waals surface area (Å²) in [7, 11) is 0. The van der Waals surface area contributed by atoms with Crippen LogP contribution in [0.15, 0.2) is 41.6 Å². The van der Waals surface area contributed by atoms with E-state index in [2.05, 4.69) is 10.6 Å². The van der Waals surface area contributed by atoms with Crippen molar-refractivity contribution in [2.24, 2.45) is 0 Å². The molecular weight excluding hydrogens is 322 g/mol. The summed E-state index contributed by atoms with van der Waals surface area (Å²) >= 11 is 0. The maximum atomic E-state index is 12.6. The van der Waals surface area contributed by atoms with E-state index >= 15 is 0 Å². The van der Waals surface area contributed by atoms with E-state index in [1.807, 2.05) is 42.2 Å². The molecule has 1 aromatic rings.